The highest BCUT2D eigenvalue weighted by Crippen LogP contribution is 2.38. The van der Waals surface area contributed by atoms with Gasteiger partial charge in [-0.2, -0.15) is 0 Å². The number of hydrogen-bond donors (Lipinski definition) is 1. The Balaban J connectivity index is 3.43. The highest BCUT2D eigenvalue weighted by Gasteiger charge is 2.19. The van der Waals surface area contributed by atoms with Crippen molar-refractivity contribution in [1.82, 2.24) is 0 Å². The second-order valence-corrected chi connectivity index (χ2v) is 3.63. The molecule has 1 aromatic carbocycles. The van der Waals surface area contributed by atoms with Crippen molar-refractivity contribution in [2.75, 3.05) is 0 Å². The monoisotopic (exact) mass is 295 g/mol. The van der Waals surface area contributed by atoms with E-state index in [1.54, 1.807) is 0 Å². The zero-order valence-corrected chi connectivity index (χ0v) is 8.79. The molecule has 0 aliphatic carbocycles. The van der Waals surface area contributed by atoms with Gasteiger partial charge in [0.25, 0.3) is 0 Å². The third kappa shape index (κ3) is 1.59. The second kappa shape index (κ2) is 3.40. The Bertz CT molecular complexity index is 340. The van der Waals surface area contributed by atoms with Crippen LogP contribution in [0.25, 0.3) is 0 Å². The van der Waals surface area contributed by atoms with Crippen LogP contribution in [-0.4, -0.2) is 10.0 Å². The molecule has 0 unspecified atom stereocenters. The summed E-state index contributed by atoms with van der Waals surface area (Å²) in [6, 6.07) is 2.78. The maximum absolute atomic E-state index is 10.4. The maximum Gasteiger partial charge on any atom is 0.301 e. The first-order valence-electron chi connectivity index (χ1n) is 2.85. The van der Waals surface area contributed by atoms with Crippen molar-refractivity contribution in [3.63, 3.8) is 0 Å². The highest BCUT2D eigenvalue weighted by molar-refractivity contribution is 9.11. The van der Waals surface area contributed by atoms with Crippen molar-refractivity contribution < 1.29 is 10.0 Å². The van der Waals surface area contributed by atoms with Crippen LogP contribution in [0.4, 0.5) is 5.69 Å². The van der Waals surface area contributed by atoms with Crippen molar-refractivity contribution in [2.24, 2.45) is 0 Å². The van der Waals surface area contributed by atoms with Gasteiger partial charge in [0.05, 0.1) is 9.40 Å². The first kappa shape index (κ1) is 9.47. The molecule has 0 aliphatic heterocycles. The largest absolute Gasteiger partial charge is 0.507 e. The molecule has 0 saturated heterocycles. The van der Waals surface area contributed by atoms with Gasteiger partial charge in [0.1, 0.15) is 10.2 Å². The third-order valence-corrected chi connectivity index (χ3v) is 2.65. The summed E-state index contributed by atoms with van der Waals surface area (Å²) >= 11 is 5.91. The summed E-state index contributed by atoms with van der Waals surface area (Å²) in [4.78, 5) is 9.85. The van der Waals surface area contributed by atoms with E-state index < -0.39 is 4.92 Å². The summed E-state index contributed by atoms with van der Waals surface area (Å²) in [5.41, 5.74) is -0.171. The molecule has 0 radical (unpaired) electrons. The SMILES string of the molecule is O=[N+]([O-])c1c(Br)ccc(O)c1Br. The fourth-order valence-electron chi connectivity index (χ4n) is 0.698. The molecule has 0 spiro atoms. The van der Waals surface area contributed by atoms with E-state index in [-0.39, 0.29) is 15.9 Å². The van der Waals surface area contributed by atoms with Crippen molar-refractivity contribution in [3.8, 4) is 5.75 Å². The number of rotatable bonds is 1. The lowest BCUT2D eigenvalue weighted by Gasteiger charge is -1.99. The van der Waals surface area contributed by atoms with Crippen molar-refractivity contribution in [2.45, 2.75) is 0 Å². The Morgan fingerprint density at radius 1 is 1.42 bits per heavy atom. The van der Waals surface area contributed by atoms with E-state index in [2.05, 4.69) is 31.9 Å². The predicted molar refractivity (Wildman–Crippen MR) is 50.2 cm³/mol. The van der Waals surface area contributed by atoms with Crippen molar-refractivity contribution in [3.05, 3.63) is 31.2 Å². The minimum Gasteiger partial charge on any atom is -0.507 e. The Kier molecular flexibility index (Phi) is 2.69. The average molecular weight is 297 g/mol. The molecule has 6 heteroatoms. The molecule has 12 heavy (non-hydrogen) atoms. The Hall–Kier alpha value is -0.620. The molecule has 0 heterocycles. The number of hydrogen-bond acceptors (Lipinski definition) is 3. The number of nitro groups is 1. The molecule has 0 amide bonds. The molecule has 0 aromatic heterocycles. The lowest BCUT2D eigenvalue weighted by molar-refractivity contribution is -0.386. The van der Waals surface area contributed by atoms with Gasteiger partial charge in [0.15, 0.2) is 0 Å². The van der Waals surface area contributed by atoms with Crippen molar-refractivity contribution in [1.29, 1.82) is 0 Å². The smallest absolute Gasteiger partial charge is 0.301 e. The summed E-state index contributed by atoms with van der Waals surface area (Å²) < 4.78 is 0.416. The van der Waals surface area contributed by atoms with E-state index in [0.717, 1.165) is 0 Å². The predicted octanol–water partition coefficient (Wildman–Crippen LogP) is 2.83. The van der Waals surface area contributed by atoms with Gasteiger partial charge in [-0.3, -0.25) is 10.1 Å². The Labute approximate surface area is 84.6 Å². The van der Waals surface area contributed by atoms with Crippen LogP contribution in [0.2, 0.25) is 0 Å². The number of aromatic hydroxyl groups is 1. The van der Waals surface area contributed by atoms with Crippen LogP contribution in [-0.2, 0) is 0 Å². The van der Waals surface area contributed by atoms with Crippen LogP contribution in [0.1, 0.15) is 0 Å². The Morgan fingerprint density at radius 2 is 2.00 bits per heavy atom. The molecule has 1 N–H and O–H groups in total. The quantitative estimate of drug-likeness (QED) is 0.640. The standard InChI is InChI=1S/C6H3Br2NO3/c7-3-1-2-4(10)5(8)6(3)9(11)12/h1-2,10H. The van der Waals surface area contributed by atoms with E-state index in [4.69, 9.17) is 5.11 Å². The second-order valence-electron chi connectivity index (χ2n) is 1.99. The van der Waals surface area contributed by atoms with E-state index in [9.17, 15) is 10.1 Å². The number of nitro benzene ring substituents is 1. The first-order chi connectivity index (χ1) is 5.54. The molecule has 64 valence electrons. The molecule has 0 aliphatic rings. The first-order valence-corrected chi connectivity index (χ1v) is 4.44. The molecule has 4 nitrogen and oxygen atoms in total. The van der Waals surface area contributed by atoms with Crippen LogP contribution in [0.3, 0.4) is 0 Å². The van der Waals surface area contributed by atoms with Gasteiger partial charge >= 0.3 is 5.69 Å². The van der Waals surface area contributed by atoms with Crippen molar-refractivity contribution >= 4 is 37.5 Å². The highest BCUT2D eigenvalue weighted by atomic mass is 79.9. The van der Waals surface area contributed by atoms with Gasteiger partial charge in [0.2, 0.25) is 0 Å². The summed E-state index contributed by atoms with van der Waals surface area (Å²) in [6.07, 6.45) is 0. The fraction of sp³-hybridized carbons (Fsp3) is 0. The zero-order valence-electron chi connectivity index (χ0n) is 5.62. The number of benzene rings is 1. The lowest BCUT2D eigenvalue weighted by atomic mass is 10.3. The van der Waals surface area contributed by atoms with E-state index in [0.29, 0.717) is 4.47 Å². The normalized spacial score (nSPS) is 9.83. The Morgan fingerprint density at radius 3 is 2.42 bits per heavy atom. The van der Waals surface area contributed by atoms with Gasteiger partial charge in [-0.25, -0.2) is 0 Å². The molecule has 0 saturated carbocycles. The van der Waals surface area contributed by atoms with Crippen LogP contribution < -0.4 is 0 Å². The average Bonchev–Trinajstić information content (AvgIpc) is 1.97. The molecule has 1 rings (SSSR count). The van der Waals surface area contributed by atoms with Crippen LogP contribution in [0.15, 0.2) is 21.1 Å². The van der Waals surface area contributed by atoms with Crippen LogP contribution in [0, 0.1) is 10.1 Å². The van der Waals surface area contributed by atoms with E-state index in [1.165, 1.54) is 12.1 Å². The van der Waals surface area contributed by atoms with Gasteiger partial charge in [-0.15, -0.1) is 0 Å². The van der Waals surface area contributed by atoms with Crippen LogP contribution >= 0.6 is 31.9 Å². The molecule has 1 aromatic rings. The molecule has 0 fully saturated rings. The van der Waals surface area contributed by atoms with E-state index >= 15 is 0 Å². The minimum absolute atomic E-state index is 0.0851. The number of nitrogens with zero attached hydrogens (tertiary/aromatic N) is 1. The van der Waals surface area contributed by atoms with Gasteiger partial charge in [-0.1, -0.05) is 0 Å². The van der Waals surface area contributed by atoms with Crippen LogP contribution in [0.5, 0.6) is 5.75 Å². The summed E-state index contributed by atoms with van der Waals surface area (Å²) in [5, 5.41) is 19.5. The molecular formula is C6H3Br2NO3. The summed E-state index contributed by atoms with van der Waals surface area (Å²) in [5.74, 6) is -0.148. The minimum atomic E-state index is -0.576. The molecule has 0 atom stereocenters. The van der Waals surface area contributed by atoms with E-state index in [1.807, 2.05) is 0 Å². The number of phenols is 1. The fourth-order valence-corrected chi connectivity index (χ4v) is 1.93. The lowest BCUT2D eigenvalue weighted by Crippen LogP contribution is -1.90. The summed E-state index contributed by atoms with van der Waals surface area (Å²) in [7, 11) is 0. The van der Waals surface area contributed by atoms with Gasteiger partial charge in [0, 0.05) is 0 Å². The topological polar surface area (TPSA) is 63.4 Å². The zero-order chi connectivity index (χ0) is 9.30. The third-order valence-electron chi connectivity index (χ3n) is 1.23. The molecule has 0 bridgehead atoms. The van der Waals surface area contributed by atoms with Gasteiger partial charge in [-0.05, 0) is 44.0 Å². The number of halogens is 2. The van der Waals surface area contributed by atoms with Gasteiger partial charge < -0.3 is 5.11 Å². The summed E-state index contributed by atoms with van der Waals surface area (Å²) in [6.45, 7) is 0. The maximum atomic E-state index is 10.4. The molecular weight excluding hydrogens is 294 g/mol. The number of phenolic OH excluding ortho intramolecular Hbond substituents is 1.